The molecule has 0 saturated carbocycles. The Morgan fingerprint density at radius 2 is 2.19 bits per heavy atom. The van der Waals surface area contributed by atoms with E-state index in [2.05, 4.69) is 24.3 Å². The molecule has 1 N–H and O–H groups in total. The van der Waals surface area contributed by atoms with Crippen LogP contribution in [0.1, 0.15) is 37.6 Å². The summed E-state index contributed by atoms with van der Waals surface area (Å²) in [6.45, 7) is 5.71. The Labute approximate surface area is 131 Å². The predicted octanol–water partition coefficient (Wildman–Crippen LogP) is 3.71. The Morgan fingerprint density at radius 1 is 1.38 bits per heavy atom. The molecular formula is C16H22ClN3O. The van der Waals surface area contributed by atoms with Crippen molar-refractivity contribution in [1.82, 2.24) is 15.1 Å². The molecule has 1 heterocycles. The normalized spacial score (nSPS) is 12.4. The third kappa shape index (κ3) is 4.48. The van der Waals surface area contributed by atoms with Crippen molar-refractivity contribution < 1.29 is 4.74 Å². The van der Waals surface area contributed by atoms with Gasteiger partial charge in [0.15, 0.2) is 0 Å². The number of nitrogens with zero attached hydrogens (tertiary/aromatic N) is 2. The SMILES string of the molecule is CCCNC(C)c1ccc(OCc2ccn(C)n2)c(Cl)c1. The molecule has 0 bridgehead atoms. The van der Waals surface area contributed by atoms with Crippen LogP contribution < -0.4 is 10.1 Å². The van der Waals surface area contributed by atoms with Crippen molar-refractivity contribution in [2.45, 2.75) is 32.9 Å². The Bertz CT molecular complexity index is 583. The highest BCUT2D eigenvalue weighted by Gasteiger charge is 2.09. The molecule has 5 heteroatoms. The smallest absolute Gasteiger partial charge is 0.138 e. The van der Waals surface area contributed by atoms with Gasteiger partial charge in [-0.25, -0.2) is 0 Å². The first-order valence-electron chi connectivity index (χ1n) is 7.24. The van der Waals surface area contributed by atoms with Gasteiger partial charge in [-0.15, -0.1) is 0 Å². The van der Waals surface area contributed by atoms with Gasteiger partial charge in [-0.3, -0.25) is 4.68 Å². The minimum Gasteiger partial charge on any atom is -0.486 e. The molecule has 0 fully saturated rings. The lowest BCUT2D eigenvalue weighted by Gasteiger charge is -2.15. The fourth-order valence-corrected chi connectivity index (χ4v) is 2.32. The Kier molecular flexibility index (Phi) is 5.65. The molecular weight excluding hydrogens is 286 g/mol. The van der Waals surface area contributed by atoms with E-state index < -0.39 is 0 Å². The first kappa shape index (κ1) is 15.9. The third-order valence-corrected chi connectivity index (χ3v) is 3.60. The zero-order valence-electron chi connectivity index (χ0n) is 12.8. The van der Waals surface area contributed by atoms with E-state index in [9.17, 15) is 0 Å². The maximum absolute atomic E-state index is 6.30. The van der Waals surface area contributed by atoms with E-state index in [1.165, 1.54) is 5.56 Å². The zero-order chi connectivity index (χ0) is 15.2. The van der Waals surface area contributed by atoms with Crippen LogP contribution in [-0.2, 0) is 13.7 Å². The first-order valence-corrected chi connectivity index (χ1v) is 7.62. The third-order valence-electron chi connectivity index (χ3n) is 3.30. The number of halogens is 1. The van der Waals surface area contributed by atoms with Crippen molar-refractivity contribution in [3.63, 3.8) is 0 Å². The van der Waals surface area contributed by atoms with Crippen molar-refractivity contribution in [3.05, 3.63) is 46.7 Å². The molecule has 0 aliphatic heterocycles. The summed E-state index contributed by atoms with van der Waals surface area (Å²) in [6, 6.07) is 8.14. The van der Waals surface area contributed by atoms with Gasteiger partial charge >= 0.3 is 0 Å². The van der Waals surface area contributed by atoms with E-state index in [1.807, 2.05) is 37.5 Å². The molecule has 1 unspecified atom stereocenters. The van der Waals surface area contributed by atoms with E-state index in [0.717, 1.165) is 18.7 Å². The second-order valence-electron chi connectivity index (χ2n) is 5.14. The van der Waals surface area contributed by atoms with Crippen LogP contribution in [0.3, 0.4) is 0 Å². The Morgan fingerprint density at radius 3 is 2.81 bits per heavy atom. The summed E-state index contributed by atoms with van der Waals surface area (Å²) in [5, 5.41) is 8.35. The van der Waals surface area contributed by atoms with Crippen LogP contribution in [0.15, 0.2) is 30.5 Å². The van der Waals surface area contributed by atoms with Crippen molar-refractivity contribution in [2.24, 2.45) is 7.05 Å². The first-order chi connectivity index (χ1) is 10.1. The molecule has 0 amide bonds. The Hall–Kier alpha value is -1.52. The van der Waals surface area contributed by atoms with E-state index >= 15 is 0 Å². The maximum atomic E-state index is 6.30. The van der Waals surface area contributed by atoms with Crippen LogP contribution in [0, 0.1) is 0 Å². The van der Waals surface area contributed by atoms with Gasteiger partial charge in [0.1, 0.15) is 12.4 Å². The molecule has 0 radical (unpaired) electrons. The predicted molar refractivity (Wildman–Crippen MR) is 85.7 cm³/mol. The fourth-order valence-electron chi connectivity index (χ4n) is 2.07. The lowest BCUT2D eigenvalue weighted by molar-refractivity contribution is 0.300. The van der Waals surface area contributed by atoms with E-state index in [-0.39, 0.29) is 6.04 Å². The number of nitrogens with one attached hydrogen (secondary N) is 1. The summed E-state index contributed by atoms with van der Waals surface area (Å²) in [5.41, 5.74) is 2.05. The van der Waals surface area contributed by atoms with Gasteiger partial charge in [0, 0.05) is 19.3 Å². The van der Waals surface area contributed by atoms with E-state index in [4.69, 9.17) is 16.3 Å². The molecule has 0 spiro atoms. The largest absolute Gasteiger partial charge is 0.486 e. The van der Waals surface area contributed by atoms with Crippen LogP contribution in [0.4, 0.5) is 0 Å². The topological polar surface area (TPSA) is 39.1 Å². The molecule has 2 aromatic rings. The standard InChI is InChI=1S/C16H22ClN3O/c1-4-8-18-12(2)13-5-6-16(15(17)10-13)21-11-14-7-9-20(3)19-14/h5-7,9-10,12,18H,4,8,11H2,1-3H3. The van der Waals surface area contributed by atoms with Gasteiger partial charge in [-0.2, -0.15) is 5.10 Å². The van der Waals surface area contributed by atoms with Gasteiger partial charge in [0.25, 0.3) is 0 Å². The summed E-state index contributed by atoms with van der Waals surface area (Å²) in [4.78, 5) is 0. The van der Waals surface area contributed by atoms with Crippen molar-refractivity contribution in [3.8, 4) is 5.75 Å². The summed E-state index contributed by atoms with van der Waals surface area (Å²) in [6.07, 6.45) is 3.01. The molecule has 1 aromatic carbocycles. The number of hydrogen-bond acceptors (Lipinski definition) is 3. The van der Waals surface area contributed by atoms with Gasteiger partial charge in [0.05, 0.1) is 10.7 Å². The molecule has 114 valence electrons. The fraction of sp³-hybridized carbons (Fsp3) is 0.438. The second kappa shape index (κ2) is 7.48. The van der Waals surface area contributed by atoms with Crippen LogP contribution >= 0.6 is 11.6 Å². The minimum atomic E-state index is 0.285. The van der Waals surface area contributed by atoms with Gasteiger partial charge in [-0.05, 0) is 43.7 Å². The van der Waals surface area contributed by atoms with Crippen molar-refractivity contribution >= 4 is 11.6 Å². The van der Waals surface area contributed by atoms with Crippen molar-refractivity contribution in [1.29, 1.82) is 0 Å². The molecule has 2 rings (SSSR count). The average Bonchev–Trinajstić information content (AvgIpc) is 2.89. The van der Waals surface area contributed by atoms with Gasteiger partial charge < -0.3 is 10.1 Å². The lowest BCUT2D eigenvalue weighted by Crippen LogP contribution is -2.19. The van der Waals surface area contributed by atoms with E-state index in [1.54, 1.807) is 4.68 Å². The summed E-state index contributed by atoms with van der Waals surface area (Å²) >= 11 is 6.30. The highest BCUT2D eigenvalue weighted by Crippen LogP contribution is 2.28. The summed E-state index contributed by atoms with van der Waals surface area (Å²) in [5.74, 6) is 0.689. The number of hydrogen-bond donors (Lipinski definition) is 1. The lowest BCUT2D eigenvalue weighted by atomic mass is 10.1. The molecule has 1 aromatic heterocycles. The monoisotopic (exact) mass is 307 g/mol. The van der Waals surface area contributed by atoms with E-state index in [0.29, 0.717) is 17.4 Å². The molecule has 0 saturated heterocycles. The quantitative estimate of drug-likeness (QED) is 0.847. The van der Waals surface area contributed by atoms with Crippen LogP contribution in [0.2, 0.25) is 5.02 Å². The van der Waals surface area contributed by atoms with Gasteiger partial charge in [-0.1, -0.05) is 24.6 Å². The molecule has 0 aliphatic carbocycles. The summed E-state index contributed by atoms with van der Waals surface area (Å²) in [7, 11) is 1.88. The van der Waals surface area contributed by atoms with Crippen LogP contribution in [0.5, 0.6) is 5.75 Å². The number of ether oxygens (including phenoxy) is 1. The average molecular weight is 308 g/mol. The van der Waals surface area contributed by atoms with Crippen LogP contribution in [-0.4, -0.2) is 16.3 Å². The molecule has 4 nitrogen and oxygen atoms in total. The number of aromatic nitrogens is 2. The number of aryl methyl sites for hydroxylation is 1. The second-order valence-corrected chi connectivity index (χ2v) is 5.54. The highest BCUT2D eigenvalue weighted by molar-refractivity contribution is 6.32. The molecule has 1 atom stereocenters. The maximum Gasteiger partial charge on any atom is 0.138 e. The molecule has 21 heavy (non-hydrogen) atoms. The van der Waals surface area contributed by atoms with Crippen molar-refractivity contribution in [2.75, 3.05) is 6.54 Å². The van der Waals surface area contributed by atoms with Crippen LogP contribution in [0.25, 0.3) is 0 Å². The Balaban J connectivity index is 1.98. The van der Waals surface area contributed by atoms with Gasteiger partial charge in [0.2, 0.25) is 0 Å². The molecule has 0 aliphatic rings. The number of rotatable bonds is 7. The highest BCUT2D eigenvalue weighted by atomic mass is 35.5. The summed E-state index contributed by atoms with van der Waals surface area (Å²) < 4.78 is 7.48. The number of benzene rings is 1. The minimum absolute atomic E-state index is 0.285. The zero-order valence-corrected chi connectivity index (χ0v) is 13.5.